The minimum Gasteiger partial charge on any atom is -0.355 e. The minimum absolute atomic E-state index is 0. The molecule has 1 aromatic carbocycles. The standard InChI is InChI=1S/C15H23BrN2O.ClH/c1-3-15(4-2,11-17)14(19)18-10-9-12-5-7-13(16)8-6-12;/h5-8H,3-4,9-11,17H2,1-2H3,(H,18,19);1H. The van der Waals surface area contributed by atoms with Crippen LogP contribution >= 0.6 is 28.3 Å². The van der Waals surface area contributed by atoms with E-state index in [4.69, 9.17) is 5.73 Å². The molecule has 0 atom stereocenters. The summed E-state index contributed by atoms with van der Waals surface area (Å²) in [5.41, 5.74) is 6.58. The number of carbonyl (C=O) groups excluding carboxylic acids is 1. The highest BCUT2D eigenvalue weighted by atomic mass is 79.9. The first-order valence-corrected chi connectivity index (χ1v) is 7.60. The van der Waals surface area contributed by atoms with Crippen LogP contribution in [0.15, 0.2) is 28.7 Å². The summed E-state index contributed by atoms with van der Waals surface area (Å²) < 4.78 is 1.07. The molecule has 20 heavy (non-hydrogen) atoms. The maximum Gasteiger partial charge on any atom is 0.227 e. The zero-order valence-corrected chi connectivity index (χ0v) is 14.5. The van der Waals surface area contributed by atoms with Gasteiger partial charge in [-0.1, -0.05) is 41.9 Å². The number of nitrogens with one attached hydrogen (secondary N) is 1. The quantitative estimate of drug-likeness (QED) is 0.781. The van der Waals surface area contributed by atoms with Gasteiger partial charge in [-0.2, -0.15) is 0 Å². The molecule has 1 amide bonds. The third-order valence-corrected chi connectivity index (χ3v) is 4.37. The highest BCUT2D eigenvalue weighted by molar-refractivity contribution is 9.10. The van der Waals surface area contributed by atoms with Crippen LogP contribution in [-0.2, 0) is 11.2 Å². The van der Waals surface area contributed by atoms with Crippen LogP contribution < -0.4 is 11.1 Å². The average Bonchev–Trinajstić information content (AvgIpc) is 2.44. The maximum atomic E-state index is 12.2. The van der Waals surface area contributed by atoms with E-state index in [0.29, 0.717) is 13.1 Å². The van der Waals surface area contributed by atoms with Crippen LogP contribution in [0, 0.1) is 5.41 Å². The van der Waals surface area contributed by atoms with Gasteiger partial charge in [0.05, 0.1) is 5.41 Å². The zero-order valence-electron chi connectivity index (χ0n) is 12.1. The highest BCUT2D eigenvalue weighted by Gasteiger charge is 2.32. The van der Waals surface area contributed by atoms with E-state index in [-0.39, 0.29) is 18.3 Å². The molecule has 0 aliphatic rings. The van der Waals surface area contributed by atoms with Gasteiger partial charge in [-0.05, 0) is 37.0 Å². The molecule has 0 fully saturated rings. The average molecular weight is 364 g/mol. The Morgan fingerprint density at radius 1 is 1.25 bits per heavy atom. The van der Waals surface area contributed by atoms with Gasteiger partial charge in [-0.25, -0.2) is 0 Å². The van der Waals surface area contributed by atoms with Gasteiger partial charge >= 0.3 is 0 Å². The lowest BCUT2D eigenvalue weighted by Crippen LogP contribution is -2.45. The molecule has 5 heteroatoms. The molecule has 0 radical (unpaired) electrons. The number of hydrogen-bond acceptors (Lipinski definition) is 2. The maximum absolute atomic E-state index is 12.2. The van der Waals surface area contributed by atoms with E-state index >= 15 is 0 Å². The van der Waals surface area contributed by atoms with Gasteiger partial charge in [0.25, 0.3) is 0 Å². The Kier molecular flexibility index (Phi) is 9.10. The number of benzene rings is 1. The van der Waals surface area contributed by atoms with Crippen molar-refractivity contribution in [3.63, 3.8) is 0 Å². The van der Waals surface area contributed by atoms with E-state index < -0.39 is 5.41 Å². The van der Waals surface area contributed by atoms with Gasteiger partial charge in [0.2, 0.25) is 5.91 Å². The molecule has 0 aromatic heterocycles. The molecule has 0 bridgehead atoms. The van der Waals surface area contributed by atoms with Gasteiger partial charge in [0.1, 0.15) is 0 Å². The summed E-state index contributed by atoms with van der Waals surface area (Å²) in [6.45, 7) is 5.10. The van der Waals surface area contributed by atoms with Crippen LogP contribution in [-0.4, -0.2) is 19.0 Å². The Labute approximate surface area is 136 Å². The van der Waals surface area contributed by atoms with Gasteiger partial charge in [-0.3, -0.25) is 4.79 Å². The van der Waals surface area contributed by atoms with Crippen molar-refractivity contribution in [2.24, 2.45) is 11.1 Å². The second kappa shape index (κ2) is 9.37. The van der Waals surface area contributed by atoms with Crippen molar-refractivity contribution in [1.82, 2.24) is 5.32 Å². The van der Waals surface area contributed by atoms with Crippen LogP contribution in [0.3, 0.4) is 0 Å². The van der Waals surface area contributed by atoms with Crippen molar-refractivity contribution >= 4 is 34.2 Å². The molecule has 114 valence electrons. The fourth-order valence-corrected chi connectivity index (χ4v) is 2.38. The molecular formula is C15H24BrClN2O. The monoisotopic (exact) mass is 362 g/mol. The summed E-state index contributed by atoms with van der Waals surface area (Å²) in [7, 11) is 0. The predicted octanol–water partition coefficient (Wildman–Crippen LogP) is 3.29. The normalized spacial score (nSPS) is 10.8. The predicted molar refractivity (Wildman–Crippen MR) is 90.2 cm³/mol. The van der Waals surface area contributed by atoms with Gasteiger partial charge in [-0.15, -0.1) is 12.4 Å². The largest absolute Gasteiger partial charge is 0.355 e. The van der Waals surface area contributed by atoms with Crippen LogP contribution in [0.4, 0.5) is 0 Å². The number of rotatable bonds is 7. The second-order valence-electron chi connectivity index (χ2n) is 4.82. The molecule has 0 spiro atoms. The molecule has 3 nitrogen and oxygen atoms in total. The number of nitrogens with two attached hydrogens (primary N) is 1. The molecule has 0 aliphatic heterocycles. The molecule has 0 saturated carbocycles. The Morgan fingerprint density at radius 3 is 2.25 bits per heavy atom. The Bertz CT molecular complexity index is 397. The molecule has 1 rings (SSSR count). The first-order valence-electron chi connectivity index (χ1n) is 6.80. The fourth-order valence-electron chi connectivity index (χ4n) is 2.11. The number of carbonyl (C=O) groups is 1. The lowest BCUT2D eigenvalue weighted by atomic mass is 9.81. The van der Waals surface area contributed by atoms with E-state index in [1.54, 1.807) is 0 Å². The van der Waals surface area contributed by atoms with Crippen molar-refractivity contribution < 1.29 is 4.79 Å². The minimum atomic E-state index is -0.403. The summed E-state index contributed by atoms with van der Waals surface area (Å²) in [6, 6.07) is 8.15. The van der Waals surface area contributed by atoms with Crippen molar-refractivity contribution in [2.45, 2.75) is 33.1 Å². The van der Waals surface area contributed by atoms with E-state index in [9.17, 15) is 4.79 Å². The van der Waals surface area contributed by atoms with Crippen molar-refractivity contribution in [3.8, 4) is 0 Å². The molecule has 0 saturated heterocycles. The molecular weight excluding hydrogens is 340 g/mol. The summed E-state index contributed by atoms with van der Waals surface area (Å²) in [6.07, 6.45) is 2.40. The van der Waals surface area contributed by atoms with Gasteiger partial charge in [0, 0.05) is 17.6 Å². The Hall–Kier alpha value is -0.580. The highest BCUT2D eigenvalue weighted by Crippen LogP contribution is 2.24. The van der Waals surface area contributed by atoms with Crippen LogP contribution in [0.5, 0.6) is 0 Å². The molecule has 0 aliphatic carbocycles. The SMILES string of the molecule is CCC(CC)(CN)C(=O)NCCc1ccc(Br)cc1.Cl. The molecule has 0 unspecified atom stereocenters. The van der Waals surface area contributed by atoms with Crippen molar-refractivity contribution in [1.29, 1.82) is 0 Å². The van der Waals surface area contributed by atoms with E-state index in [0.717, 1.165) is 23.7 Å². The lowest BCUT2D eigenvalue weighted by Gasteiger charge is -2.28. The summed E-state index contributed by atoms with van der Waals surface area (Å²) >= 11 is 3.41. The zero-order chi connectivity index (χ0) is 14.3. The number of halogens is 2. The Balaban J connectivity index is 0.00000361. The summed E-state index contributed by atoms with van der Waals surface area (Å²) in [5, 5.41) is 3.01. The van der Waals surface area contributed by atoms with Gasteiger partial charge < -0.3 is 11.1 Å². The third-order valence-electron chi connectivity index (χ3n) is 3.84. The molecule has 3 N–H and O–H groups in total. The Morgan fingerprint density at radius 2 is 1.80 bits per heavy atom. The lowest BCUT2D eigenvalue weighted by molar-refractivity contribution is -0.131. The first-order chi connectivity index (χ1) is 9.07. The third kappa shape index (κ3) is 5.08. The van der Waals surface area contributed by atoms with Crippen LogP contribution in [0.1, 0.15) is 32.3 Å². The van der Waals surface area contributed by atoms with E-state index in [1.165, 1.54) is 5.56 Å². The van der Waals surface area contributed by atoms with Crippen LogP contribution in [0.25, 0.3) is 0 Å². The fraction of sp³-hybridized carbons (Fsp3) is 0.533. The van der Waals surface area contributed by atoms with E-state index in [2.05, 4.69) is 33.4 Å². The summed E-state index contributed by atoms with van der Waals surface area (Å²) in [4.78, 5) is 12.2. The second-order valence-corrected chi connectivity index (χ2v) is 5.74. The molecule has 1 aromatic rings. The van der Waals surface area contributed by atoms with Crippen LogP contribution in [0.2, 0.25) is 0 Å². The topological polar surface area (TPSA) is 55.1 Å². The smallest absolute Gasteiger partial charge is 0.227 e. The van der Waals surface area contributed by atoms with Crippen molar-refractivity contribution in [3.05, 3.63) is 34.3 Å². The first kappa shape index (κ1) is 19.4. The number of hydrogen-bond donors (Lipinski definition) is 2. The van der Waals surface area contributed by atoms with Crippen molar-refractivity contribution in [2.75, 3.05) is 13.1 Å². The van der Waals surface area contributed by atoms with Gasteiger partial charge in [0.15, 0.2) is 0 Å². The summed E-state index contributed by atoms with van der Waals surface area (Å²) in [5.74, 6) is 0.0807. The molecule has 0 heterocycles. The number of amides is 1. The van der Waals surface area contributed by atoms with E-state index in [1.807, 2.05) is 26.0 Å².